The van der Waals surface area contributed by atoms with Crippen molar-refractivity contribution < 1.29 is 18.0 Å². The van der Waals surface area contributed by atoms with Crippen LogP contribution in [0.25, 0.3) is 0 Å². The molecule has 0 radical (unpaired) electrons. The van der Waals surface area contributed by atoms with Gasteiger partial charge in [-0.05, 0) is 17.5 Å². The minimum Gasteiger partial charge on any atom is -0.298 e. The summed E-state index contributed by atoms with van der Waals surface area (Å²) in [5.74, 6) is -1.08. The molecule has 20 heavy (non-hydrogen) atoms. The molecule has 0 heterocycles. The van der Waals surface area contributed by atoms with Crippen molar-refractivity contribution in [3.63, 3.8) is 0 Å². The van der Waals surface area contributed by atoms with Crippen molar-refractivity contribution in [3.8, 4) is 6.07 Å². The van der Waals surface area contributed by atoms with Crippen LogP contribution >= 0.6 is 0 Å². The number of benzene rings is 1. The molecule has 1 aromatic carbocycles. The highest BCUT2D eigenvalue weighted by molar-refractivity contribution is 5.88. The van der Waals surface area contributed by atoms with Gasteiger partial charge in [-0.2, -0.15) is 18.4 Å². The number of hydrogen-bond acceptors (Lipinski definition) is 2. The summed E-state index contributed by atoms with van der Waals surface area (Å²) >= 11 is 0. The summed E-state index contributed by atoms with van der Waals surface area (Å²) < 4.78 is 37.9. The Morgan fingerprint density at radius 3 is 2.60 bits per heavy atom. The molecule has 0 bridgehead atoms. The van der Waals surface area contributed by atoms with E-state index in [0.717, 1.165) is 31.4 Å². The maximum atomic E-state index is 12.6. The quantitative estimate of drug-likeness (QED) is 0.834. The molecule has 1 fully saturated rings. The molecule has 1 aliphatic carbocycles. The summed E-state index contributed by atoms with van der Waals surface area (Å²) in [7, 11) is 0. The average molecular weight is 281 g/mol. The zero-order valence-electron chi connectivity index (χ0n) is 10.8. The number of nitriles is 1. The van der Waals surface area contributed by atoms with Crippen molar-refractivity contribution in [1.82, 2.24) is 0 Å². The van der Waals surface area contributed by atoms with E-state index >= 15 is 0 Å². The van der Waals surface area contributed by atoms with E-state index in [0.29, 0.717) is 5.92 Å². The Morgan fingerprint density at radius 1 is 1.40 bits per heavy atom. The van der Waals surface area contributed by atoms with Gasteiger partial charge in [-0.15, -0.1) is 0 Å². The predicted octanol–water partition coefficient (Wildman–Crippen LogP) is 4.07. The van der Waals surface area contributed by atoms with E-state index in [9.17, 15) is 18.0 Å². The fourth-order valence-electron chi connectivity index (χ4n) is 2.33. The first-order valence-electron chi connectivity index (χ1n) is 6.51. The lowest BCUT2D eigenvalue weighted by atomic mass is 9.79. The summed E-state index contributed by atoms with van der Waals surface area (Å²) in [6, 6.07) is 6.31. The largest absolute Gasteiger partial charge is 0.416 e. The molecule has 0 N–H and O–H groups in total. The summed E-state index contributed by atoms with van der Waals surface area (Å²) in [5, 5.41) is 9.10. The van der Waals surface area contributed by atoms with Gasteiger partial charge in [-0.3, -0.25) is 4.79 Å². The number of halogens is 3. The summed E-state index contributed by atoms with van der Waals surface area (Å²) in [4.78, 5) is 12.0. The van der Waals surface area contributed by atoms with Gasteiger partial charge in [-0.1, -0.05) is 37.5 Å². The molecule has 0 spiro atoms. The molecule has 106 valence electrons. The fraction of sp³-hybridized carbons (Fsp3) is 0.467. The SMILES string of the molecule is N#CC(C(=O)CC1CCC1)c1cccc(C(F)(F)F)c1. The van der Waals surface area contributed by atoms with Gasteiger partial charge in [0, 0.05) is 6.42 Å². The third kappa shape index (κ3) is 3.19. The maximum Gasteiger partial charge on any atom is 0.416 e. The number of alkyl halides is 3. The number of hydrogen-bond donors (Lipinski definition) is 0. The minimum absolute atomic E-state index is 0.131. The van der Waals surface area contributed by atoms with Crippen LogP contribution in [0.1, 0.15) is 42.7 Å². The van der Waals surface area contributed by atoms with Gasteiger partial charge in [-0.25, -0.2) is 0 Å². The number of nitrogens with zero attached hydrogens (tertiary/aromatic N) is 1. The predicted molar refractivity (Wildman–Crippen MR) is 66.8 cm³/mol. The molecule has 0 amide bonds. The highest BCUT2D eigenvalue weighted by Crippen LogP contribution is 2.34. The summed E-state index contributed by atoms with van der Waals surface area (Å²) in [6.07, 6.45) is -1.17. The van der Waals surface area contributed by atoms with Gasteiger partial charge in [0.15, 0.2) is 5.78 Å². The van der Waals surface area contributed by atoms with Gasteiger partial charge in [0.25, 0.3) is 0 Å². The Hall–Kier alpha value is -1.83. The van der Waals surface area contributed by atoms with Crippen molar-refractivity contribution in [3.05, 3.63) is 35.4 Å². The van der Waals surface area contributed by atoms with E-state index in [4.69, 9.17) is 5.26 Å². The van der Waals surface area contributed by atoms with Crippen LogP contribution in [0, 0.1) is 17.2 Å². The lowest BCUT2D eigenvalue weighted by molar-refractivity contribution is -0.137. The molecule has 2 rings (SSSR count). The first-order valence-corrected chi connectivity index (χ1v) is 6.51. The molecule has 1 atom stereocenters. The van der Waals surface area contributed by atoms with Gasteiger partial charge >= 0.3 is 6.18 Å². The van der Waals surface area contributed by atoms with Crippen molar-refractivity contribution in [2.75, 3.05) is 0 Å². The lowest BCUT2D eigenvalue weighted by Gasteiger charge is -2.25. The standard InChI is InChI=1S/C15H14F3NO/c16-15(17,18)12-6-2-5-11(8-12)13(9-19)14(20)7-10-3-1-4-10/h2,5-6,8,10,13H,1,3-4,7H2. The van der Waals surface area contributed by atoms with Crippen molar-refractivity contribution >= 4 is 5.78 Å². The Morgan fingerprint density at radius 2 is 2.10 bits per heavy atom. The van der Waals surface area contributed by atoms with Gasteiger partial charge in [0.1, 0.15) is 5.92 Å². The van der Waals surface area contributed by atoms with E-state index in [-0.39, 0.29) is 17.8 Å². The first kappa shape index (κ1) is 14.6. The Balaban J connectivity index is 2.18. The van der Waals surface area contributed by atoms with Crippen molar-refractivity contribution in [2.45, 2.75) is 37.8 Å². The molecule has 1 unspecified atom stereocenters. The topological polar surface area (TPSA) is 40.9 Å². The molecule has 0 aromatic heterocycles. The number of rotatable bonds is 4. The Kier molecular flexibility index (Phi) is 4.12. The lowest BCUT2D eigenvalue weighted by Crippen LogP contribution is -2.20. The fourth-order valence-corrected chi connectivity index (χ4v) is 2.33. The summed E-state index contributed by atoms with van der Waals surface area (Å²) in [6.45, 7) is 0. The number of carbonyl (C=O) groups is 1. The van der Waals surface area contributed by atoms with Crippen LogP contribution in [0.5, 0.6) is 0 Å². The van der Waals surface area contributed by atoms with Gasteiger partial charge in [0.2, 0.25) is 0 Å². The van der Waals surface area contributed by atoms with Crippen LogP contribution in [-0.4, -0.2) is 5.78 Å². The van der Waals surface area contributed by atoms with Crippen LogP contribution in [0.2, 0.25) is 0 Å². The second-order valence-electron chi connectivity index (χ2n) is 5.15. The second-order valence-corrected chi connectivity index (χ2v) is 5.15. The molecule has 1 aliphatic rings. The van der Waals surface area contributed by atoms with Crippen molar-refractivity contribution in [1.29, 1.82) is 5.26 Å². The maximum absolute atomic E-state index is 12.6. The Labute approximate surface area is 115 Å². The van der Waals surface area contributed by atoms with Crippen molar-refractivity contribution in [2.24, 2.45) is 5.92 Å². The zero-order chi connectivity index (χ0) is 14.8. The molecule has 1 aromatic rings. The number of ketones is 1. The van der Waals surface area contributed by atoms with E-state index in [1.165, 1.54) is 12.1 Å². The third-order valence-corrected chi connectivity index (χ3v) is 3.71. The van der Waals surface area contributed by atoms with Crippen LogP contribution in [0.15, 0.2) is 24.3 Å². The zero-order valence-corrected chi connectivity index (χ0v) is 10.8. The highest BCUT2D eigenvalue weighted by atomic mass is 19.4. The van der Waals surface area contributed by atoms with E-state index < -0.39 is 17.7 Å². The molecular formula is C15H14F3NO. The Bertz CT molecular complexity index is 541. The second kappa shape index (κ2) is 5.66. The number of carbonyl (C=O) groups excluding carboxylic acids is 1. The minimum atomic E-state index is -4.47. The third-order valence-electron chi connectivity index (χ3n) is 3.71. The molecular weight excluding hydrogens is 267 g/mol. The number of Topliss-reactive ketones (excluding diaryl/α,β-unsaturated/α-hetero) is 1. The van der Waals surface area contributed by atoms with E-state index in [1.54, 1.807) is 0 Å². The van der Waals surface area contributed by atoms with Crippen LogP contribution in [0.3, 0.4) is 0 Å². The van der Waals surface area contributed by atoms with Crippen LogP contribution in [0.4, 0.5) is 13.2 Å². The first-order chi connectivity index (χ1) is 9.41. The monoisotopic (exact) mass is 281 g/mol. The molecule has 1 saturated carbocycles. The normalized spacial score (nSPS) is 17.1. The van der Waals surface area contributed by atoms with Gasteiger partial charge in [0.05, 0.1) is 11.6 Å². The molecule has 0 saturated heterocycles. The average Bonchev–Trinajstić information content (AvgIpc) is 2.34. The van der Waals surface area contributed by atoms with Crippen LogP contribution < -0.4 is 0 Å². The van der Waals surface area contributed by atoms with Gasteiger partial charge < -0.3 is 0 Å². The highest BCUT2D eigenvalue weighted by Gasteiger charge is 2.32. The van der Waals surface area contributed by atoms with E-state index in [2.05, 4.69) is 0 Å². The van der Waals surface area contributed by atoms with E-state index in [1.807, 2.05) is 6.07 Å². The molecule has 0 aliphatic heterocycles. The molecule has 5 heteroatoms. The summed E-state index contributed by atoms with van der Waals surface area (Å²) in [5.41, 5.74) is -0.696. The van der Waals surface area contributed by atoms with Crippen LogP contribution in [-0.2, 0) is 11.0 Å². The smallest absolute Gasteiger partial charge is 0.298 e. The molecule has 2 nitrogen and oxygen atoms in total.